The lowest BCUT2D eigenvalue weighted by atomic mass is 10.1. The largest absolute Gasteiger partial charge is 0.350 e. The first-order chi connectivity index (χ1) is 10.4. The van der Waals surface area contributed by atoms with Gasteiger partial charge in [-0.05, 0) is 30.5 Å². The number of nitrogens with one attached hydrogen (secondary N) is 1. The smallest absolute Gasteiger partial charge is 0.270 e. The number of carbonyl (C=O) groups excluding carboxylic acids is 1. The van der Waals surface area contributed by atoms with Crippen molar-refractivity contribution in [2.24, 2.45) is 5.92 Å². The van der Waals surface area contributed by atoms with E-state index in [4.69, 9.17) is 0 Å². The van der Waals surface area contributed by atoms with Crippen LogP contribution in [0.5, 0.6) is 0 Å². The maximum absolute atomic E-state index is 12.1. The lowest BCUT2D eigenvalue weighted by Gasteiger charge is -2.13. The zero-order valence-corrected chi connectivity index (χ0v) is 13.1. The highest BCUT2D eigenvalue weighted by Gasteiger charge is 2.28. The Morgan fingerprint density at radius 2 is 2.32 bits per heavy atom. The maximum Gasteiger partial charge on any atom is 0.270 e. The number of sulfonamides is 1. The second-order valence-electron chi connectivity index (χ2n) is 5.60. The third-order valence-corrected chi connectivity index (χ3v) is 5.19. The van der Waals surface area contributed by atoms with Crippen LogP contribution in [-0.2, 0) is 10.0 Å². The van der Waals surface area contributed by atoms with Gasteiger partial charge in [-0.15, -0.1) is 0 Å². The van der Waals surface area contributed by atoms with Gasteiger partial charge in [-0.3, -0.25) is 4.79 Å². The fourth-order valence-electron chi connectivity index (χ4n) is 2.65. The molecular formula is C14H18N4O3S. The van der Waals surface area contributed by atoms with Gasteiger partial charge >= 0.3 is 0 Å². The van der Waals surface area contributed by atoms with E-state index in [1.807, 2.05) is 22.7 Å². The van der Waals surface area contributed by atoms with Crippen molar-refractivity contribution in [1.82, 2.24) is 19.0 Å². The van der Waals surface area contributed by atoms with Gasteiger partial charge in [-0.25, -0.2) is 17.7 Å². The molecule has 1 fully saturated rings. The topological polar surface area (TPSA) is 83.8 Å². The van der Waals surface area contributed by atoms with Crippen LogP contribution < -0.4 is 5.32 Å². The highest BCUT2D eigenvalue weighted by Crippen LogP contribution is 2.18. The highest BCUT2D eigenvalue weighted by atomic mass is 32.2. The molecule has 1 aliphatic heterocycles. The lowest BCUT2D eigenvalue weighted by molar-refractivity contribution is 0.0943. The minimum atomic E-state index is -3.14. The molecule has 0 radical (unpaired) electrons. The number of amides is 1. The van der Waals surface area contributed by atoms with Crippen LogP contribution >= 0.6 is 0 Å². The Morgan fingerprint density at radius 1 is 1.50 bits per heavy atom. The summed E-state index contributed by atoms with van der Waals surface area (Å²) in [7, 11) is -3.14. The molecule has 1 amide bonds. The number of fused-ring (bicyclic) bond motifs is 1. The molecule has 0 saturated carbocycles. The van der Waals surface area contributed by atoms with Gasteiger partial charge in [0.25, 0.3) is 5.91 Å². The molecule has 1 atom stereocenters. The van der Waals surface area contributed by atoms with E-state index in [2.05, 4.69) is 10.3 Å². The number of rotatable bonds is 4. The molecule has 2 aromatic heterocycles. The molecule has 1 unspecified atom stereocenters. The van der Waals surface area contributed by atoms with Crippen molar-refractivity contribution in [1.29, 1.82) is 0 Å². The molecule has 0 bridgehead atoms. The average Bonchev–Trinajstić information content (AvgIpc) is 3.12. The normalized spacial score (nSPS) is 19.6. The van der Waals surface area contributed by atoms with E-state index >= 15 is 0 Å². The number of nitrogens with zero attached hydrogens (tertiary/aromatic N) is 3. The molecule has 118 valence electrons. The Bertz CT molecular complexity index is 799. The average molecular weight is 322 g/mol. The standard InChI is InChI=1S/C14H18N4O3S/c1-22(20,21)18-6-4-11(9-18)8-15-14(19)13-7-12-3-2-5-17(12)10-16-13/h2-3,5,7,10-11H,4,6,8-9H2,1H3,(H,15,19). The van der Waals surface area contributed by atoms with Crippen LogP contribution in [0.2, 0.25) is 0 Å². The monoisotopic (exact) mass is 322 g/mol. The van der Waals surface area contributed by atoms with Crippen LogP contribution in [0.15, 0.2) is 30.7 Å². The first kappa shape index (κ1) is 15.0. The lowest BCUT2D eigenvalue weighted by Crippen LogP contribution is -2.33. The fraction of sp³-hybridized carbons (Fsp3) is 0.429. The predicted molar refractivity (Wildman–Crippen MR) is 82.0 cm³/mol. The summed E-state index contributed by atoms with van der Waals surface area (Å²) in [5, 5.41) is 2.84. The highest BCUT2D eigenvalue weighted by molar-refractivity contribution is 7.88. The van der Waals surface area contributed by atoms with Crippen molar-refractivity contribution in [3.8, 4) is 0 Å². The Balaban J connectivity index is 1.58. The summed E-state index contributed by atoms with van der Waals surface area (Å²) >= 11 is 0. The van der Waals surface area contributed by atoms with Crippen LogP contribution in [0.1, 0.15) is 16.9 Å². The van der Waals surface area contributed by atoms with E-state index in [1.165, 1.54) is 10.6 Å². The minimum Gasteiger partial charge on any atom is -0.350 e. The molecule has 0 spiro atoms. The molecule has 3 rings (SSSR count). The SMILES string of the molecule is CS(=O)(=O)N1CCC(CNC(=O)c2cc3cccn3cn2)C1. The van der Waals surface area contributed by atoms with Crippen LogP contribution in [-0.4, -0.2) is 53.9 Å². The predicted octanol–water partition coefficient (Wildman–Crippen LogP) is 0.346. The van der Waals surface area contributed by atoms with Crippen molar-refractivity contribution < 1.29 is 13.2 Å². The van der Waals surface area contributed by atoms with E-state index in [0.717, 1.165) is 11.9 Å². The van der Waals surface area contributed by atoms with Crippen LogP contribution in [0, 0.1) is 5.92 Å². The number of aromatic nitrogens is 2. The van der Waals surface area contributed by atoms with Gasteiger partial charge in [-0.2, -0.15) is 0 Å². The van der Waals surface area contributed by atoms with Gasteiger partial charge in [-0.1, -0.05) is 0 Å². The molecule has 0 aliphatic carbocycles. The fourth-order valence-corrected chi connectivity index (χ4v) is 3.57. The third kappa shape index (κ3) is 3.12. The van der Waals surface area contributed by atoms with Crippen molar-refractivity contribution in [3.63, 3.8) is 0 Å². The number of carbonyl (C=O) groups is 1. The van der Waals surface area contributed by atoms with Crippen molar-refractivity contribution in [3.05, 3.63) is 36.4 Å². The van der Waals surface area contributed by atoms with Crippen molar-refractivity contribution in [2.75, 3.05) is 25.9 Å². The first-order valence-corrected chi connectivity index (χ1v) is 8.94. The van der Waals surface area contributed by atoms with E-state index in [0.29, 0.717) is 25.3 Å². The van der Waals surface area contributed by atoms with Gasteiger partial charge in [0.15, 0.2) is 0 Å². The van der Waals surface area contributed by atoms with Crippen molar-refractivity contribution >= 4 is 21.4 Å². The third-order valence-electron chi connectivity index (χ3n) is 3.92. The van der Waals surface area contributed by atoms with Crippen LogP contribution in [0.3, 0.4) is 0 Å². The number of hydrogen-bond donors (Lipinski definition) is 1. The molecular weight excluding hydrogens is 304 g/mol. The van der Waals surface area contributed by atoms with Gasteiger partial charge in [0.2, 0.25) is 10.0 Å². The Morgan fingerprint density at radius 3 is 3.05 bits per heavy atom. The van der Waals surface area contributed by atoms with Gasteiger partial charge in [0.05, 0.1) is 12.6 Å². The quantitative estimate of drug-likeness (QED) is 0.880. The summed E-state index contributed by atoms with van der Waals surface area (Å²) in [5.74, 6) is -0.0859. The molecule has 7 nitrogen and oxygen atoms in total. The van der Waals surface area contributed by atoms with Gasteiger partial charge in [0, 0.05) is 31.3 Å². The molecule has 1 N–H and O–H groups in total. The van der Waals surface area contributed by atoms with E-state index in [1.54, 1.807) is 12.4 Å². The molecule has 3 heterocycles. The second kappa shape index (κ2) is 5.69. The van der Waals surface area contributed by atoms with Gasteiger partial charge < -0.3 is 9.72 Å². The van der Waals surface area contributed by atoms with E-state index in [-0.39, 0.29) is 11.8 Å². The molecule has 0 aromatic carbocycles. The van der Waals surface area contributed by atoms with Crippen LogP contribution in [0.25, 0.3) is 5.52 Å². The molecule has 22 heavy (non-hydrogen) atoms. The maximum atomic E-state index is 12.1. The summed E-state index contributed by atoms with van der Waals surface area (Å²) in [6.45, 7) is 1.44. The molecule has 1 saturated heterocycles. The van der Waals surface area contributed by atoms with E-state index in [9.17, 15) is 13.2 Å². The summed E-state index contributed by atoms with van der Waals surface area (Å²) in [4.78, 5) is 16.3. The second-order valence-corrected chi connectivity index (χ2v) is 7.58. The Labute approximate surface area is 129 Å². The minimum absolute atomic E-state index is 0.149. The number of hydrogen-bond acceptors (Lipinski definition) is 4. The van der Waals surface area contributed by atoms with Gasteiger partial charge in [0.1, 0.15) is 5.69 Å². The summed E-state index contributed by atoms with van der Waals surface area (Å²) in [6, 6.07) is 5.52. The summed E-state index contributed by atoms with van der Waals surface area (Å²) in [5.41, 5.74) is 1.27. The molecule has 1 aliphatic rings. The molecule has 8 heteroatoms. The van der Waals surface area contributed by atoms with E-state index < -0.39 is 10.0 Å². The molecule has 2 aromatic rings. The van der Waals surface area contributed by atoms with Crippen molar-refractivity contribution in [2.45, 2.75) is 6.42 Å². The zero-order chi connectivity index (χ0) is 15.7. The zero-order valence-electron chi connectivity index (χ0n) is 12.3. The Kier molecular flexibility index (Phi) is 3.88. The Hall–Kier alpha value is -1.93. The summed E-state index contributed by atoms with van der Waals surface area (Å²) in [6.07, 6.45) is 5.44. The summed E-state index contributed by atoms with van der Waals surface area (Å²) < 4.78 is 26.2. The first-order valence-electron chi connectivity index (χ1n) is 7.09. The van der Waals surface area contributed by atoms with Crippen LogP contribution in [0.4, 0.5) is 0 Å².